The van der Waals surface area contributed by atoms with Crippen LogP contribution in [0.1, 0.15) is 0 Å². The first kappa shape index (κ1) is 7.28. The Balaban J connectivity index is 2.45. The van der Waals surface area contributed by atoms with Crippen molar-refractivity contribution < 1.29 is 0 Å². The number of aromatic nitrogens is 1. The van der Waals surface area contributed by atoms with Crippen molar-refractivity contribution in [2.75, 3.05) is 0 Å². The molecular formula is C7H4ClNS2. The van der Waals surface area contributed by atoms with E-state index in [1.807, 2.05) is 23.8 Å². The van der Waals surface area contributed by atoms with Crippen LogP contribution in [0.4, 0.5) is 0 Å². The van der Waals surface area contributed by atoms with Gasteiger partial charge < -0.3 is 0 Å². The minimum absolute atomic E-state index is 0.827. The number of hydrogen-bond donors (Lipinski definition) is 0. The minimum atomic E-state index is 0.827. The summed E-state index contributed by atoms with van der Waals surface area (Å²) >= 11 is 8.99. The predicted molar refractivity (Wildman–Crippen MR) is 50.4 cm³/mol. The molecule has 0 N–H and O–H groups in total. The molecule has 0 aliphatic carbocycles. The zero-order valence-electron chi connectivity index (χ0n) is 5.45. The monoisotopic (exact) mass is 201 g/mol. The zero-order chi connectivity index (χ0) is 7.68. The van der Waals surface area contributed by atoms with Gasteiger partial charge in [0.25, 0.3) is 0 Å². The third kappa shape index (κ3) is 1.45. The lowest BCUT2D eigenvalue weighted by Crippen LogP contribution is -1.57. The first-order chi connectivity index (χ1) is 5.36. The second kappa shape index (κ2) is 2.93. The Bertz CT molecular complexity index is 339. The molecule has 4 heteroatoms. The Hall–Kier alpha value is -0.380. The van der Waals surface area contributed by atoms with E-state index in [9.17, 15) is 0 Å². The molecule has 56 valence electrons. The van der Waals surface area contributed by atoms with Gasteiger partial charge in [-0.05, 0) is 12.1 Å². The summed E-state index contributed by atoms with van der Waals surface area (Å²) in [4.78, 5) is 6.36. The van der Waals surface area contributed by atoms with Crippen LogP contribution >= 0.6 is 34.3 Å². The Morgan fingerprint density at radius 2 is 2.18 bits per heavy atom. The number of hydrogen-bond acceptors (Lipinski definition) is 3. The van der Waals surface area contributed by atoms with Crippen molar-refractivity contribution in [2.45, 2.75) is 0 Å². The van der Waals surface area contributed by atoms with Crippen LogP contribution in [0.3, 0.4) is 0 Å². The van der Waals surface area contributed by atoms with Gasteiger partial charge in [0.15, 0.2) is 0 Å². The quantitative estimate of drug-likeness (QED) is 0.688. The fourth-order valence-corrected chi connectivity index (χ4v) is 2.54. The largest absolute Gasteiger partial charge is 0.252 e. The molecule has 2 aromatic heterocycles. The minimum Gasteiger partial charge on any atom is -0.252 e. The van der Waals surface area contributed by atoms with Crippen molar-refractivity contribution in [3.05, 3.63) is 28.2 Å². The molecule has 0 saturated heterocycles. The van der Waals surface area contributed by atoms with E-state index in [-0.39, 0.29) is 0 Å². The van der Waals surface area contributed by atoms with Gasteiger partial charge in [-0.2, -0.15) is 0 Å². The van der Waals surface area contributed by atoms with Crippen molar-refractivity contribution in [2.24, 2.45) is 0 Å². The highest BCUT2D eigenvalue weighted by Gasteiger charge is 2.01. The summed E-state index contributed by atoms with van der Waals surface area (Å²) in [5.74, 6) is 0. The van der Waals surface area contributed by atoms with Crippen molar-refractivity contribution in [3.8, 4) is 9.75 Å². The molecule has 0 spiro atoms. The molecule has 2 rings (SSSR count). The molecule has 0 atom stereocenters. The topological polar surface area (TPSA) is 12.9 Å². The predicted octanol–water partition coefficient (Wildman–Crippen LogP) is 3.53. The van der Waals surface area contributed by atoms with Crippen molar-refractivity contribution >= 4 is 34.3 Å². The van der Waals surface area contributed by atoms with Crippen LogP contribution < -0.4 is 0 Å². The second-order valence-corrected chi connectivity index (χ2v) is 4.57. The Kier molecular flexibility index (Phi) is 1.94. The summed E-state index contributed by atoms with van der Waals surface area (Å²) in [7, 11) is 0. The summed E-state index contributed by atoms with van der Waals surface area (Å²) in [5, 5.41) is 0. The summed E-state index contributed by atoms with van der Waals surface area (Å²) in [5.41, 5.74) is 1.82. The molecule has 0 aliphatic heterocycles. The SMILES string of the molecule is Clc1ccc(-c2cncs2)s1. The summed E-state index contributed by atoms with van der Waals surface area (Å²) in [6.45, 7) is 0. The van der Waals surface area contributed by atoms with Crippen LogP contribution in [0.15, 0.2) is 23.8 Å². The lowest BCUT2D eigenvalue weighted by atomic mass is 10.4. The van der Waals surface area contributed by atoms with E-state index in [1.54, 1.807) is 22.7 Å². The standard InChI is InChI=1S/C7H4ClNS2/c8-7-2-1-5(11-7)6-3-9-4-10-6/h1-4H. The second-order valence-electron chi connectivity index (χ2n) is 1.97. The van der Waals surface area contributed by atoms with Crippen LogP contribution in [0.25, 0.3) is 9.75 Å². The summed E-state index contributed by atoms with van der Waals surface area (Å²) in [6.07, 6.45) is 1.85. The van der Waals surface area contributed by atoms with Crippen LogP contribution in [-0.2, 0) is 0 Å². The van der Waals surface area contributed by atoms with E-state index >= 15 is 0 Å². The zero-order valence-corrected chi connectivity index (χ0v) is 7.84. The maximum Gasteiger partial charge on any atom is 0.0935 e. The molecule has 2 aromatic rings. The molecule has 0 bridgehead atoms. The van der Waals surface area contributed by atoms with Gasteiger partial charge in [-0.3, -0.25) is 4.98 Å². The molecule has 1 nitrogen and oxygen atoms in total. The van der Waals surface area contributed by atoms with Gasteiger partial charge >= 0.3 is 0 Å². The smallest absolute Gasteiger partial charge is 0.0935 e. The van der Waals surface area contributed by atoms with Gasteiger partial charge in [0.1, 0.15) is 0 Å². The van der Waals surface area contributed by atoms with E-state index in [2.05, 4.69) is 4.98 Å². The summed E-state index contributed by atoms with van der Waals surface area (Å²) < 4.78 is 0.827. The van der Waals surface area contributed by atoms with Gasteiger partial charge in [0.05, 0.1) is 14.7 Å². The van der Waals surface area contributed by atoms with Crippen LogP contribution in [0.5, 0.6) is 0 Å². The maximum absolute atomic E-state index is 5.78. The van der Waals surface area contributed by atoms with E-state index in [0.29, 0.717) is 0 Å². The molecule has 0 radical (unpaired) electrons. The molecule has 0 fully saturated rings. The third-order valence-electron chi connectivity index (χ3n) is 1.25. The van der Waals surface area contributed by atoms with Gasteiger partial charge in [-0.1, -0.05) is 11.6 Å². The number of thiophene rings is 1. The molecule has 11 heavy (non-hydrogen) atoms. The number of nitrogens with zero attached hydrogens (tertiary/aromatic N) is 1. The average Bonchev–Trinajstić information content (AvgIpc) is 2.55. The Morgan fingerprint density at radius 3 is 2.73 bits per heavy atom. The first-order valence-electron chi connectivity index (χ1n) is 3.00. The third-order valence-corrected chi connectivity index (χ3v) is 3.45. The Labute approximate surface area is 77.3 Å². The highest BCUT2D eigenvalue weighted by atomic mass is 35.5. The van der Waals surface area contributed by atoms with Crippen LogP contribution in [0.2, 0.25) is 4.34 Å². The van der Waals surface area contributed by atoms with Crippen LogP contribution in [-0.4, -0.2) is 4.98 Å². The molecule has 0 saturated carbocycles. The molecule has 0 amide bonds. The number of halogens is 1. The van der Waals surface area contributed by atoms with Crippen molar-refractivity contribution in [3.63, 3.8) is 0 Å². The van der Waals surface area contributed by atoms with E-state index in [4.69, 9.17) is 11.6 Å². The lowest BCUT2D eigenvalue weighted by molar-refractivity contribution is 1.43. The molecule has 0 unspecified atom stereocenters. The van der Waals surface area contributed by atoms with Gasteiger partial charge in [-0.25, -0.2) is 0 Å². The number of rotatable bonds is 1. The number of thiazole rings is 1. The van der Waals surface area contributed by atoms with Gasteiger partial charge in [0.2, 0.25) is 0 Å². The van der Waals surface area contributed by atoms with Crippen molar-refractivity contribution in [1.82, 2.24) is 4.98 Å². The highest BCUT2D eigenvalue weighted by Crippen LogP contribution is 2.32. The molecule has 2 heterocycles. The normalized spacial score (nSPS) is 10.3. The van der Waals surface area contributed by atoms with Gasteiger partial charge in [-0.15, -0.1) is 22.7 Å². The fourth-order valence-electron chi connectivity index (χ4n) is 0.784. The van der Waals surface area contributed by atoms with Gasteiger partial charge in [0, 0.05) is 11.1 Å². The maximum atomic E-state index is 5.78. The van der Waals surface area contributed by atoms with Crippen LogP contribution in [0, 0.1) is 0 Å². The Morgan fingerprint density at radius 1 is 1.27 bits per heavy atom. The van der Waals surface area contributed by atoms with E-state index < -0.39 is 0 Å². The summed E-state index contributed by atoms with van der Waals surface area (Å²) in [6, 6.07) is 3.92. The molecular weight excluding hydrogens is 198 g/mol. The highest BCUT2D eigenvalue weighted by molar-refractivity contribution is 7.23. The lowest BCUT2D eigenvalue weighted by Gasteiger charge is -1.84. The van der Waals surface area contributed by atoms with E-state index in [1.165, 1.54) is 9.75 Å². The fraction of sp³-hybridized carbons (Fsp3) is 0. The van der Waals surface area contributed by atoms with Crippen molar-refractivity contribution in [1.29, 1.82) is 0 Å². The average molecular weight is 202 g/mol. The first-order valence-corrected chi connectivity index (χ1v) is 5.08. The molecule has 0 aliphatic rings. The van der Waals surface area contributed by atoms with E-state index in [0.717, 1.165) is 4.34 Å². The molecule has 0 aromatic carbocycles.